The number of rotatable bonds is 8. The molecule has 0 bridgehead atoms. The van der Waals surface area contributed by atoms with E-state index in [4.69, 9.17) is 15.7 Å². The Morgan fingerprint density at radius 1 is 1.36 bits per heavy atom. The number of ether oxygens (including phenoxy) is 1. The zero-order chi connectivity index (χ0) is 10.8. The van der Waals surface area contributed by atoms with Crippen molar-refractivity contribution < 1.29 is 9.94 Å². The Morgan fingerprint density at radius 2 is 2.00 bits per heavy atom. The van der Waals surface area contributed by atoms with E-state index >= 15 is 0 Å². The third-order valence-corrected chi connectivity index (χ3v) is 2.15. The number of hydrogen-bond acceptors (Lipinski definition) is 3. The summed E-state index contributed by atoms with van der Waals surface area (Å²) in [5.74, 6) is 0.138. The topological polar surface area (TPSA) is 67.8 Å². The van der Waals surface area contributed by atoms with Crippen molar-refractivity contribution in [3.63, 3.8) is 0 Å². The molecule has 0 amide bonds. The highest BCUT2D eigenvalue weighted by atomic mass is 16.5. The molecule has 4 heteroatoms. The molecule has 0 aliphatic heterocycles. The van der Waals surface area contributed by atoms with Crippen LogP contribution in [0.3, 0.4) is 0 Å². The molecular weight excluding hydrogens is 180 g/mol. The lowest BCUT2D eigenvalue weighted by atomic mass is 10.2. The summed E-state index contributed by atoms with van der Waals surface area (Å²) in [5.41, 5.74) is 5.35. The maximum absolute atomic E-state index is 8.36. The first-order chi connectivity index (χ1) is 6.72. The van der Waals surface area contributed by atoms with Crippen LogP contribution in [0.25, 0.3) is 0 Å². The predicted molar refractivity (Wildman–Crippen MR) is 57.6 cm³/mol. The number of amidine groups is 1. The van der Waals surface area contributed by atoms with Crippen molar-refractivity contribution in [2.75, 3.05) is 6.61 Å². The molecule has 4 nitrogen and oxygen atoms in total. The average Bonchev–Trinajstić information content (AvgIpc) is 2.21. The normalized spacial score (nSPS) is 14.3. The van der Waals surface area contributed by atoms with Crippen LogP contribution in [0.2, 0.25) is 0 Å². The van der Waals surface area contributed by atoms with Gasteiger partial charge in [0, 0.05) is 6.61 Å². The Bertz CT molecular complexity index is 160. The van der Waals surface area contributed by atoms with Gasteiger partial charge in [0.25, 0.3) is 0 Å². The highest BCUT2D eigenvalue weighted by Crippen LogP contribution is 2.03. The van der Waals surface area contributed by atoms with E-state index < -0.39 is 0 Å². The lowest BCUT2D eigenvalue weighted by Crippen LogP contribution is -2.29. The minimum atomic E-state index is -0.286. The highest BCUT2D eigenvalue weighted by molar-refractivity contribution is 5.83. The third-order valence-electron chi connectivity index (χ3n) is 2.15. The van der Waals surface area contributed by atoms with E-state index in [2.05, 4.69) is 12.1 Å². The number of nitrogens with two attached hydrogens (primary N) is 1. The van der Waals surface area contributed by atoms with Gasteiger partial charge in [-0.25, -0.2) is 0 Å². The number of oxime groups is 1. The Balaban J connectivity index is 3.27. The zero-order valence-electron chi connectivity index (χ0n) is 9.20. The lowest BCUT2D eigenvalue weighted by molar-refractivity contribution is 0.102. The van der Waals surface area contributed by atoms with Gasteiger partial charge in [-0.2, -0.15) is 0 Å². The second-order valence-electron chi connectivity index (χ2n) is 3.45. The van der Waals surface area contributed by atoms with E-state index in [-0.39, 0.29) is 11.9 Å². The molecule has 0 aromatic rings. The van der Waals surface area contributed by atoms with Crippen molar-refractivity contribution in [1.82, 2.24) is 0 Å². The third kappa shape index (κ3) is 6.71. The zero-order valence-corrected chi connectivity index (χ0v) is 9.20. The first-order valence-corrected chi connectivity index (χ1v) is 5.31. The molecule has 0 heterocycles. The van der Waals surface area contributed by atoms with Gasteiger partial charge < -0.3 is 15.7 Å². The molecule has 84 valence electrons. The summed E-state index contributed by atoms with van der Waals surface area (Å²) in [5, 5.41) is 11.2. The predicted octanol–water partition coefficient (Wildman–Crippen LogP) is 2.11. The molecular formula is C10H22N2O2. The van der Waals surface area contributed by atoms with Gasteiger partial charge in [-0.15, -0.1) is 0 Å². The number of hydrogen-bond donors (Lipinski definition) is 2. The molecule has 0 saturated heterocycles. The summed E-state index contributed by atoms with van der Waals surface area (Å²) >= 11 is 0. The molecule has 0 rings (SSSR count). The van der Waals surface area contributed by atoms with E-state index in [9.17, 15) is 0 Å². The first kappa shape index (κ1) is 13.2. The van der Waals surface area contributed by atoms with E-state index in [1.165, 1.54) is 25.7 Å². The Kier molecular flexibility index (Phi) is 8.33. The summed E-state index contributed by atoms with van der Waals surface area (Å²) in [7, 11) is 0. The van der Waals surface area contributed by atoms with Gasteiger partial charge >= 0.3 is 0 Å². The molecule has 1 unspecified atom stereocenters. The van der Waals surface area contributed by atoms with Crippen LogP contribution in [-0.4, -0.2) is 23.8 Å². The van der Waals surface area contributed by atoms with Crippen LogP contribution in [0.5, 0.6) is 0 Å². The van der Waals surface area contributed by atoms with Crippen molar-refractivity contribution in [1.29, 1.82) is 0 Å². The van der Waals surface area contributed by atoms with Crippen molar-refractivity contribution in [2.24, 2.45) is 10.9 Å². The van der Waals surface area contributed by atoms with E-state index in [1.807, 2.05) is 0 Å². The highest BCUT2D eigenvalue weighted by Gasteiger charge is 2.06. The molecule has 0 aromatic carbocycles. The second kappa shape index (κ2) is 8.81. The molecule has 0 aliphatic carbocycles. The molecule has 0 radical (unpaired) electrons. The minimum Gasteiger partial charge on any atom is -0.409 e. The summed E-state index contributed by atoms with van der Waals surface area (Å²) in [6, 6.07) is 0. The summed E-state index contributed by atoms with van der Waals surface area (Å²) in [6.07, 6.45) is 5.75. The fourth-order valence-corrected chi connectivity index (χ4v) is 1.13. The van der Waals surface area contributed by atoms with Crippen LogP contribution >= 0.6 is 0 Å². The van der Waals surface area contributed by atoms with Gasteiger partial charge in [0.2, 0.25) is 0 Å². The quantitative estimate of drug-likeness (QED) is 0.208. The Hall–Kier alpha value is -0.770. The number of nitrogens with zero attached hydrogens (tertiary/aromatic N) is 1. The van der Waals surface area contributed by atoms with Crippen LogP contribution in [-0.2, 0) is 4.74 Å². The largest absolute Gasteiger partial charge is 0.409 e. The summed E-state index contributed by atoms with van der Waals surface area (Å²) < 4.78 is 5.36. The molecule has 0 spiro atoms. The lowest BCUT2D eigenvalue weighted by Gasteiger charge is -2.10. The van der Waals surface area contributed by atoms with Crippen molar-refractivity contribution >= 4 is 5.84 Å². The molecule has 14 heavy (non-hydrogen) atoms. The van der Waals surface area contributed by atoms with Crippen molar-refractivity contribution in [3.8, 4) is 0 Å². The Morgan fingerprint density at radius 3 is 2.57 bits per heavy atom. The van der Waals surface area contributed by atoms with Gasteiger partial charge in [-0.3, -0.25) is 0 Å². The van der Waals surface area contributed by atoms with Crippen molar-refractivity contribution in [3.05, 3.63) is 0 Å². The number of unbranched alkanes of at least 4 members (excludes halogenated alkanes) is 4. The molecule has 1 atom stereocenters. The minimum absolute atomic E-state index is 0.138. The smallest absolute Gasteiger partial charge is 0.168 e. The standard InChI is InChI=1S/C10H22N2O2/c1-3-4-5-6-7-8-14-9(2)10(11)12-13/h9,13H,3-8H2,1-2H3,(H2,11,12). The van der Waals surface area contributed by atoms with Crippen molar-refractivity contribution in [2.45, 2.75) is 52.1 Å². The Labute approximate surface area is 86.1 Å². The van der Waals surface area contributed by atoms with Gasteiger partial charge in [0.1, 0.15) is 6.10 Å². The molecule has 3 N–H and O–H groups in total. The molecule has 0 fully saturated rings. The maximum atomic E-state index is 8.36. The summed E-state index contributed by atoms with van der Waals surface area (Å²) in [6.45, 7) is 4.65. The van der Waals surface area contributed by atoms with E-state index in [1.54, 1.807) is 6.92 Å². The maximum Gasteiger partial charge on any atom is 0.168 e. The fraction of sp³-hybridized carbons (Fsp3) is 0.900. The monoisotopic (exact) mass is 202 g/mol. The molecule has 0 aliphatic rings. The SMILES string of the molecule is CCCCCCCOC(C)C(N)=NO. The van der Waals surface area contributed by atoms with Gasteiger partial charge in [0.15, 0.2) is 5.84 Å². The van der Waals surface area contributed by atoms with Gasteiger partial charge in [0.05, 0.1) is 0 Å². The van der Waals surface area contributed by atoms with Crippen LogP contribution in [0, 0.1) is 0 Å². The summed E-state index contributed by atoms with van der Waals surface area (Å²) in [4.78, 5) is 0. The molecule has 0 saturated carbocycles. The molecule has 0 aromatic heterocycles. The first-order valence-electron chi connectivity index (χ1n) is 5.31. The van der Waals surface area contributed by atoms with E-state index in [0.717, 1.165) is 6.42 Å². The van der Waals surface area contributed by atoms with Crippen LogP contribution < -0.4 is 5.73 Å². The second-order valence-corrected chi connectivity index (χ2v) is 3.45. The average molecular weight is 202 g/mol. The van der Waals surface area contributed by atoms with Crippen LogP contribution in [0.1, 0.15) is 46.0 Å². The van der Waals surface area contributed by atoms with Gasteiger partial charge in [-0.1, -0.05) is 37.8 Å². The van der Waals surface area contributed by atoms with Crippen LogP contribution in [0.4, 0.5) is 0 Å². The fourth-order valence-electron chi connectivity index (χ4n) is 1.13. The van der Waals surface area contributed by atoms with Gasteiger partial charge in [-0.05, 0) is 13.3 Å². The van der Waals surface area contributed by atoms with Crippen LogP contribution in [0.15, 0.2) is 5.16 Å². The van der Waals surface area contributed by atoms with E-state index in [0.29, 0.717) is 6.61 Å².